The molecule has 0 saturated carbocycles. The molecule has 114 valence electrons. The van der Waals surface area contributed by atoms with Gasteiger partial charge in [0.2, 0.25) is 5.09 Å². The monoisotopic (exact) mass is 373 g/mol. The van der Waals surface area contributed by atoms with Crippen LogP contribution in [0.5, 0.6) is 5.75 Å². The largest absolute Gasteiger partial charge is 0.496 e. The van der Waals surface area contributed by atoms with E-state index >= 15 is 0 Å². The number of rotatable bonds is 5. The van der Waals surface area contributed by atoms with Crippen LogP contribution >= 0.6 is 15.9 Å². The highest BCUT2D eigenvalue weighted by atomic mass is 79.9. The van der Waals surface area contributed by atoms with E-state index in [1.165, 1.54) is 17.4 Å². The van der Waals surface area contributed by atoms with Gasteiger partial charge in [0, 0.05) is 12.6 Å². The lowest BCUT2D eigenvalue weighted by molar-refractivity contribution is 0.350. The molecule has 0 N–H and O–H groups in total. The number of hydrogen-bond acceptors (Lipinski definition) is 4. The molecule has 1 atom stereocenters. The van der Waals surface area contributed by atoms with Crippen molar-refractivity contribution < 1.29 is 17.6 Å². The van der Waals surface area contributed by atoms with Gasteiger partial charge in [0.25, 0.3) is 10.0 Å². The van der Waals surface area contributed by atoms with E-state index < -0.39 is 16.1 Å². The topological polar surface area (TPSA) is 59.8 Å². The standard InChI is InChI=1S/C14H16BrNO4S/c1-10(11-6-4-5-7-12(11)19-3)16(2)21(17,18)14-9-8-13(15)20-14/h4-10H,1-3H3. The van der Waals surface area contributed by atoms with Gasteiger partial charge in [-0.05, 0) is 41.1 Å². The summed E-state index contributed by atoms with van der Waals surface area (Å²) in [6.45, 7) is 1.80. The fourth-order valence-corrected chi connectivity index (χ4v) is 3.66. The van der Waals surface area contributed by atoms with Crippen molar-refractivity contribution in [2.24, 2.45) is 0 Å². The highest BCUT2D eigenvalue weighted by Gasteiger charge is 2.30. The Morgan fingerprint density at radius 1 is 1.24 bits per heavy atom. The first kappa shape index (κ1) is 16.1. The van der Waals surface area contributed by atoms with Crippen molar-refractivity contribution in [3.05, 3.63) is 46.6 Å². The van der Waals surface area contributed by atoms with Gasteiger partial charge in [-0.25, -0.2) is 8.42 Å². The maximum absolute atomic E-state index is 12.5. The van der Waals surface area contributed by atoms with Gasteiger partial charge in [-0.2, -0.15) is 4.31 Å². The third kappa shape index (κ3) is 3.14. The minimum Gasteiger partial charge on any atom is -0.496 e. The molecule has 1 heterocycles. The van der Waals surface area contributed by atoms with E-state index in [2.05, 4.69) is 15.9 Å². The van der Waals surface area contributed by atoms with E-state index in [1.54, 1.807) is 26.2 Å². The Bertz CT molecular complexity index is 726. The first-order chi connectivity index (χ1) is 9.87. The number of benzene rings is 1. The molecule has 0 aliphatic heterocycles. The van der Waals surface area contributed by atoms with Crippen LogP contribution < -0.4 is 4.74 Å². The zero-order valence-corrected chi connectivity index (χ0v) is 14.3. The summed E-state index contributed by atoms with van der Waals surface area (Å²) >= 11 is 3.11. The van der Waals surface area contributed by atoms with Gasteiger partial charge in [0.15, 0.2) is 4.67 Å². The van der Waals surface area contributed by atoms with Crippen molar-refractivity contribution in [3.8, 4) is 5.75 Å². The van der Waals surface area contributed by atoms with Crippen LogP contribution in [0, 0.1) is 0 Å². The van der Waals surface area contributed by atoms with Gasteiger partial charge in [-0.15, -0.1) is 0 Å². The van der Waals surface area contributed by atoms with E-state index in [0.29, 0.717) is 10.4 Å². The van der Waals surface area contributed by atoms with Crippen molar-refractivity contribution in [1.82, 2.24) is 4.31 Å². The summed E-state index contributed by atoms with van der Waals surface area (Å²) in [7, 11) is -0.633. The normalized spacial score (nSPS) is 13.4. The Morgan fingerprint density at radius 3 is 2.48 bits per heavy atom. The van der Waals surface area contributed by atoms with Gasteiger partial charge in [-0.1, -0.05) is 18.2 Å². The summed E-state index contributed by atoms with van der Waals surface area (Å²) in [5.74, 6) is 0.646. The molecule has 0 bridgehead atoms. The van der Waals surface area contributed by atoms with Crippen LogP contribution in [-0.2, 0) is 10.0 Å². The van der Waals surface area contributed by atoms with Crippen molar-refractivity contribution >= 4 is 26.0 Å². The lowest BCUT2D eigenvalue weighted by atomic mass is 10.1. The molecule has 1 unspecified atom stereocenters. The minimum absolute atomic E-state index is 0.0985. The van der Waals surface area contributed by atoms with E-state index in [-0.39, 0.29) is 5.09 Å². The van der Waals surface area contributed by atoms with E-state index in [4.69, 9.17) is 9.15 Å². The van der Waals surface area contributed by atoms with Crippen molar-refractivity contribution in [1.29, 1.82) is 0 Å². The Kier molecular flexibility index (Phi) is 4.75. The Morgan fingerprint density at radius 2 is 1.90 bits per heavy atom. The lowest BCUT2D eigenvalue weighted by Gasteiger charge is -2.24. The second-order valence-electron chi connectivity index (χ2n) is 4.50. The maximum Gasteiger partial charge on any atom is 0.276 e. The molecule has 7 heteroatoms. The summed E-state index contributed by atoms with van der Waals surface area (Å²) in [4.78, 5) is 0. The first-order valence-corrected chi connectivity index (χ1v) is 8.47. The number of sulfonamides is 1. The molecule has 0 spiro atoms. The molecule has 0 saturated heterocycles. The van der Waals surface area contributed by atoms with Crippen LogP contribution in [-0.4, -0.2) is 26.9 Å². The average Bonchev–Trinajstić information content (AvgIpc) is 2.93. The summed E-state index contributed by atoms with van der Waals surface area (Å²) in [6, 6.07) is 9.91. The number of ether oxygens (including phenoxy) is 1. The number of hydrogen-bond donors (Lipinski definition) is 0. The Balaban J connectivity index is 2.37. The molecule has 21 heavy (non-hydrogen) atoms. The predicted octanol–water partition coefficient (Wildman–Crippen LogP) is 3.43. The van der Waals surface area contributed by atoms with Gasteiger partial charge in [0.05, 0.1) is 13.2 Å². The first-order valence-electron chi connectivity index (χ1n) is 6.24. The minimum atomic E-state index is -3.71. The third-order valence-corrected chi connectivity index (χ3v) is 5.54. The maximum atomic E-state index is 12.5. The van der Waals surface area contributed by atoms with Gasteiger partial charge < -0.3 is 9.15 Å². The van der Waals surface area contributed by atoms with Crippen LogP contribution in [0.25, 0.3) is 0 Å². The third-order valence-electron chi connectivity index (χ3n) is 3.32. The SMILES string of the molecule is COc1ccccc1C(C)N(C)S(=O)(=O)c1ccc(Br)o1. The predicted molar refractivity (Wildman–Crippen MR) is 82.8 cm³/mol. The van der Waals surface area contributed by atoms with Crippen LogP contribution in [0.4, 0.5) is 0 Å². The van der Waals surface area contributed by atoms with Gasteiger partial charge in [-0.3, -0.25) is 0 Å². The number of furan rings is 1. The van der Waals surface area contributed by atoms with Crippen LogP contribution in [0.2, 0.25) is 0 Å². The molecule has 0 amide bonds. The zero-order chi connectivity index (χ0) is 15.6. The van der Waals surface area contributed by atoms with Crippen molar-refractivity contribution in [2.45, 2.75) is 18.1 Å². The second-order valence-corrected chi connectivity index (χ2v) is 7.21. The highest BCUT2D eigenvalue weighted by molar-refractivity contribution is 9.10. The van der Waals surface area contributed by atoms with Gasteiger partial charge >= 0.3 is 0 Å². The lowest BCUT2D eigenvalue weighted by Crippen LogP contribution is -2.29. The fraction of sp³-hybridized carbons (Fsp3) is 0.286. The summed E-state index contributed by atoms with van der Waals surface area (Å²) in [6.07, 6.45) is 0. The van der Waals surface area contributed by atoms with E-state index in [1.807, 2.05) is 18.2 Å². The molecule has 0 aliphatic carbocycles. The molecule has 5 nitrogen and oxygen atoms in total. The smallest absolute Gasteiger partial charge is 0.276 e. The molecule has 2 aromatic rings. The van der Waals surface area contributed by atoms with E-state index in [9.17, 15) is 8.42 Å². The molecule has 0 fully saturated rings. The Labute approximate surface area is 132 Å². The molecular formula is C14H16BrNO4S. The molecular weight excluding hydrogens is 358 g/mol. The number of nitrogens with zero attached hydrogens (tertiary/aromatic N) is 1. The summed E-state index contributed by atoms with van der Waals surface area (Å²) in [5.41, 5.74) is 0.789. The van der Waals surface area contributed by atoms with Crippen LogP contribution in [0.15, 0.2) is 50.6 Å². The molecule has 0 radical (unpaired) electrons. The molecule has 1 aromatic carbocycles. The second kappa shape index (κ2) is 6.21. The Hall–Kier alpha value is -1.31. The number of para-hydroxylation sites is 1. The molecule has 2 rings (SSSR count). The fourth-order valence-electron chi connectivity index (χ4n) is 1.99. The highest BCUT2D eigenvalue weighted by Crippen LogP contribution is 2.32. The average molecular weight is 374 g/mol. The molecule has 0 aliphatic rings. The van der Waals surface area contributed by atoms with Gasteiger partial charge in [0.1, 0.15) is 5.75 Å². The van der Waals surface area contributed by atoms with Crippen molar-refractivity contribution in [2.75, 3.05) is 14.2 Å². The van der Waals surface area contributed by atoms with Crippen LogP contribution in [0.3, 0.4) is 0 Å². The summed E-state index contributed by atoms with van der Waals surface area (Å²) in [5, 5.41) is -0.0985. The summed E-state index contributed by atoms with van der Waals surface area (Å²) < 4.78 is 37.1. The van der Waals surface area contributed by atoms with E-state index in [0.717, 1.165) is 5.56 Å². The van der Waals surface area contributed by atoms with Crippen LogP contribution in [0.1, 0.15) is 18.5 Å². The van der Waals surface area contributed by atoms with Crippen molar-refractivity contribution in [3.63, 3.8) is 0 Å². The zero-order valence-electron chi connectivity index (χ0n) is 11.9. The number of halogens is 1. The molecule has 1 aromatic heterocycles. The quantitative estimate of drug-likeness (QED) is 0.805. The number of methoxy groups -OCH3 is 1.